The van der Waals surface area contributed by atoms with Gasteiger partial charge in [0, 0.05) is 18.7 Å². The highest BCUT2D eigenvalue weighted by Gasteiger charge is 2.01. The molecule has 0 heterocycles. The van der Waals surface area contributed by atoms with Gasteiger partial charge in [-0.3, -0.25) is 4.79 Å². The van der Waals surface area contributed by atoms with Crippen LogP contribution in [-0.4, -0.2) is 19.1 Å². The molecule has 0 aliphatic heterocycles. The predicted octanol–water partition coefficient (Wildman–Crippen LogP) is 2.79. The van der Waals surface area contributed by atoms with E-state index in [1.807, 2.05) is 54.6 Å². The van der Waals surface area contributed by atoms with Gasteiger partial charge in [-0.2, -0.15) is 0 Å². The molecule has 0 aliphatic carbocycles. The lowest BCUT2D eigenvalue weighted by molar-refractivity contribution is -0.121. The Bertz CT molecular complexity index is 567. The second-order valence-corrected chi connectivity index (χ2v) is 5.11. The Hall–Kier alpha value is -2.49. The number of benzene rings is 2. The quantitative estimate of drug-likeness (QED) is 0.582. The van der Waals surface area contributed by atoms with E-state index in [2.05, 4.69) is 5.32 Å². The number of nitrogens with one attached hydrogen (secondary N) is 1. The summed E-state index contributed by atoms with van der Waals surface area (Å²) in [5, 5.41) is 2.92. The minimum atomic E-state index is 0.0621. The molecule has 0 bridgehead atoms. The maximum absolute atomic E-state index is 11.7. The summed E-state index contributed by atoms with van der Waals surface area (Å²) in [5.74, 6) is 0.901. The molecule has 116 valence electrons. The van der Waals surface area contributed by atoms with Gasteiger partial charge in [0.05, 0.1) is 6.61 Å². The maximum Gasteiger partial charge on any atom is 0.220 e. The van der Waals surface area contributed by atoms with Gasteiger partial charge in [0.15, 0.2) is 0 Å². The van der Waals surface area contributed by atoms with Crippen molar-refractivity contribution in [3.8, 4) is 5.75 Å². The molecule has 0 unspecified atom stereocenters. The van der Waals surface area contributed by atoms with E-state index in [1.54, 1.807) is 0 Å². The van der Waals surface area contributed by atoms with Crippen molar-refractivity contribution in [2.24, 2.45) is 0 Å². The highest BCUT2D eigenvalue weighted by atomic mass is 16.5. The number of hydrogen-bond acceptors (Lipinski definition) is 3. The lowest BCUT2D eigenvalue weighted by Crippen LogP contribution is -2.25. The van der Waals surface area contributed by atoms with Crippen LogP contribution in [0.5, 0.6) is 5.75 Å². The van der Waals surface area contributed by atoms with Crippen LogP contribution >= 0.6 is 0 Å². The Labute approximate surface area is 131 Å². The number of nitrogens with two attached hydrogens (primary N) is 1. The number of nitrogen functional groups attached to an aromatic ring is 1. The normalized spacial score (nSPS) is 10.2. The van der Waals surface area contributed by atoms with Crippen molar-refractivity contribution in [1.29, 1.82) is 0 Å². The zero-order valence-electron chi connectivity index (χ0n) is 12.6. The van der Waals surface area contributed by atoms with Crippen molar-refractivity contribution in [3.05, 3.63) is 60.2 Å². The van der Waals surface area contributed by atoms with E-state index in [0.717, 1.165) is 17.9 Å². The van der Waals surface area contributed by atoms with Gasteiger partial charge in [-0.15, -0.1) is 0 Å². The van der Waals surface area contributed by atoms with Crippen LogP contribution in [0.25, 0.3) is 0 Å². The van der Waals surface area contributed by atoms with Crippen molar-refractivity contribution < 1.29 is 9.53 Å². The van der Waals surface area contributed by atoms with E-state index in [9.17, 15) is 4.79 Å². The Morgan fingerprint density at radius 1 is 1.05 bits per heavy atom. The smallest absolute Gasteiger partial charge is 0.220 e. The fourth-order valence-corrected chi connectivity index (χ4v) is 2.06. The standard InChI is InChI=1S/C18H22N2O2/c19-16-10-8-15(9-11-16)12-13-20-18(21)7-4-14-22-17-5-2-1-3-6-17/h1-3,5-6,8-11H,4,7,12-14,19H2,(H,20,21). The molecule has 4 heteroatoms. The van der Waals surface area contributed by atoms with Gasteiger partial charge in [0.25, 0.3) is 0 Å². The van der Waals surface area contributed by atoms with Crippen molar-refractivity contribution in [2.45, 2.75) is 19.3 Å². The molecule has 1 amide bonds. The van der Waals surface area contributed by atoms with E-state index < -0.39 is 0 Å². The summed E-state index contributed by atoms with van der Waals surface area (Å²) in [6.45, 7) is 1.19. The van der Waals surface area contributed by atoms with E-state index in [4.69, 9.17) is 10.5 Å². The Kier molecular flexibility index (Phi) is 6.30. The number of carbonyl (C=O) groups excluding carboxylic acids is 1. The highest BCUT2D eigenvalue weighted by Crippen LogP contribution is 2.09. The summed E-state index contributed by atoms with van der Waals surface area (Å²) in [6, 6.07) is 17.3. The van der Waals surface area contributed by atoms with Crippen LogP contribution in [0, 0.1) is 0 Å². The molecular formula is C18H22N2O2. The summed E-state index contributed by atoms with van der Waals surface area (Å²) in [7, 11) is 0. The first-order valence-corrected chi connectivity index (χ1v) is 7.53. The van der Waals surface area contributed by atoms with E-state index in [-0.39, 0.29) is 5.91 Å². The van der Waals surface area contributed by atoms with Gasteiger partial charge in [0.1, 0.15) is 5.75 Å². The molecule has 0 spiro atoms. The Morgan fingerprint density at radius 2 is 1.77 bits per heavy atom. The lowest BCUT2D eigenvalue weighted by atomic mass is 10.1. The molecule has 0 aromatic heterocycles. The average Bonchev–Trinajstić information content (AvgIpc) is 2.54. The third-order valence-electron chi connectivity index (χ3n) is 3.28. The first kappa shape index (κ1) is 15.9. The number of ether oxygens (including phenoxy) is 1. The van der Waals surface area contributed by atoms with E-state index >= 15 is 0 Å². The number of para-hydroxylation sites is 1. The minimum absolute atomic E-state index is 0.0621. The predicted molar refractivity (Wildman–Crippen MR) is 88.7 cm³/mol. The van der Waals surface area contributed by atoms with Crippen molar-refractivity contribution >= 4 is 11.6 Å². The van der Waals surface area contributed by atoms with Crippen molar-refractivity contribution in [2.75, 3.05) is 18.9 Å². The summed E-state index contributed by atoms with van der Waals surface area (Å²) >= 11 is 0. The van der Waals surface area contributed by atoms with Gasteiger partial charge in [0.2, 0.25) is 5.91 Å². The van der Waals surface area contributed by atoms with Crippen LogP contribution in [0.15, 0.2) is 54.6 Å². The number of anilines is 1. The molecule has 22 heavy (non-hydrogen) atoms. The fourth-order valence-electron chi connectivity index (χ4n) is 2.06. The van der Waals surface area contributed by atoms with Crippen molar-refractivity contribution in [1.82, 2.24) is 5.32 Å². The second-order valence-electron chi connectivity index (χ2n) is 5.11. The maximum atomic E-state index is 11.7. The molecule has 0 aliphatic rings. The summed E-state index contributed by atoms with van der Waals surface area (Å²) in [5.41, 5.74) is 7.56. The third kappa shape index (κ3) is 5.87. The monoisotopic (exact) mass is 298 g/mol. The third-order valence-corrected chi connectivity index (χ3v) is 3.28. The van der Waals surface area contributed by atoms with Crippen LogP contribution in [0.3, 0.4) is 0 Å². The molecule has 0 fully saturated rings. The molecule has 0 saturated heterocycles. The molecule has 0 atom stereocenters. The van der Waals surface area contributed by atoms with Crippen LogP contribution < -0.4 is 15.8 Å². The molecule has 0 saturated carbocycles. The fraction of sp³-hybridized carbons (Fsp3) is 0.278. The van der Waals surface area contributed by atoms with Crippen LogP contribution in [-0.2, 0) is 11.2 Å². The Balaban J connectivity index is 1.55. The van der Waals surface area contributed by atoms with Gasteiger partial charge in [-0.25, -0.2) is 0 Å². The molecule has 0 radical (unpaired) electrons. The molecular weight excluding hydrogens is 276 g/mol. The lowest BCUT2D eigenvalue weighted by Gasteiger charge is -2.07. The SMILES string of the molecule is Nc1ccc(CCNC(=O)CCCOc2ccccc2)cc1. The molecule has 4 nitrogen and oxygen atoms in total. The van der Waals surface area contributed by atoms with Gasteiger partial charge >= 0.3 is 0 Å². The first-order valence-electron chi connectivity index (χ1n) is 7.53. The molecule has 2 rings (SSSR count). The summed E-state index contributed by atoms with van der Waals surface area (Å²) in [4.78, 5) is 11.7. The summed E-state index contributed by atoms with van der Waals surface area (Å²) in [6.07, 6.45) is 2.00. The van der Waals surface area contributed by atoms with Crippen molar-refractivity contribution in [3.63, 3.8) is 0 Å². The van der Waals surface area contributed by atoms with Gasteiger partial charge < -0.3 is 15.8 Å². The van der Waals surface area contributed by atoms with Crippen LogP contribution in [0.2, 0.25) is 0 Å². The Morgan fingerprint density at radius 3 is 2.50 bits per heavy atom. The highest BCUT2D eigenvalue weighted by molar-refractivity contribution is 5.75. The number of carbonyl (C=O) groups is 1. The largest absolute Gasteiger partial charge is 0.494 e. The number of rotatable bonds is 8. The molecule has 2 aromatic rings. The molecule has 3 N–H and O–H groups in total. The van der Waals surface area contributed by atoms with Gasteiger partial charge in [-0.1, -0.05) is 30.3 Å². The van der Waals surface area contributed by atoms with E-state index in [1.165, 1.54) is 5.56 Å². The van der Waals surface area contributed by atoms with Crippen LogP contribution in [0.4, 0.5) is 5.69 Å². The molecule has 2 aromatic carbocycles. The van der Waals surface area contributed by atoms with E-state index in [0.29, 0.717) is 26.0 Å². The minimum Gasteiger partial charge on any atom is -0.494 e. The number of hydrogen-bond donors (Lipinski definition) is 2. The van der Waals surface area contributed by atoms with Gasteiger partial charge in [-0.05, 0) is 42.7 Å². The second kappa shape index (κ2) is 8.72. The first-order chi connectivity index (χ1) is 10.7. The number of amides is 1. The average molecular weight is 298 g/mol. The topological polar surface area (TPSA) is 64.3 Å². The van der Waals surface area contributed by atoms with Crippen LogP contribution in [0.1, 0.15) is 18.4 Å². The zero-order valence-corrected chi connectivity index (χ0v) is 12.6. The summed E-state index contributed by atoms with van der Waals surface area (Å²) < 4.78 is 5.55. The zero-order chi connectivity index (χ0) is 15.6.